The summed E-state index contributed by atoms with van der Waals surface area (Å²) in [4.78, 5) is 51.3. The molecule has 4 aromatic rings. The maximum Gasteiger partial charge on any atom is 0.338 e. The Morgan fingerprint density at radius 1 is 0.880 bits per heavy atom. The smallest absolute Gasteiger partial charge is 0.338 e. The zero-order chi connectivity index (χ0) is 35.6. The van der Waals surface area contributed by atoms with Crippen molar-refractivity contribution in [2.75, 3.05) is 38.0 Å². The van der Waals surface area contributed by atoms with E-state index < -0.39 is 28.7 Å². The number of amides is 3. The highest BCUT2D eigenvalue weighted by Crippen LogP contribution is 2.31. The molecule has 0 saturated carbocycles. The highest BCUT2D eigenvalue weighted by Gasteiger charge is 2.37. The van der Waals surface area contributed by atoms with E-state index in [1.165, 1.54) is 26.4 Å². The third-order valence-electron chi connectivity index (χ3n) is 8.30. The van der Waals surface area contributed by atoms with Gasteiger partial charge in [-0.3, -0.25) is 14.9 Å². The number of hydrogen-bond donors (Lipinski definition) is 2. The topological polar surface area (TPSA) is 159 Å². The molecule has 260 valence electrons. The number of nitrogens with one attached hydrogen (secondary N) is 2. The molecule has 2 N–H and O–H groups in total. The van der Waals surface area contributed by atoms with E-state index >= 15 is 0 Å². The van der Waals surface area contributed by atoms with Crippen LogP contribution in [0.4, 0.5) is 21.9 Å². The van der Waals surface area contributed by atoms with Crippen molar-refractivity contribution in [3.63, 3.8) is 0 Å². The molecule has 0 radical (unpaired) electrons. The molecule has 1 aliphatic rings. The number of urea groups is 1. The first kappa shape index (κ1) is 35.4. The second kappa shape index (κ2) is 16.4. The molecule has 4 aromatic carbocycles. The van der Waals surface area contributed by atoms with E-state index in [-0.39, 0.29) is 36.4 Å². The summed E-state index contributed by atoms with van der Waals surface area (Å²) in [5.41, 5.74) is 3.28. The predicted molar refractivity (Wildman–Crippen MR) is 186 cm³/mol. The van der Waals surface area contributed by atoms with Crippen LogP contribution in [0.5, 0.6) is 11.5 Å². The molecule has 2 atom stereocenters. The summed E-state index contributed by atoms with van der Waals surface area (Å²) in [6, 6.07) is 25.1. The largest absolute Gasteiger partial charge is 0.495 e. The molecule has 0 bridgehead atoms. The number of methoxy groups -OCH3 is 2. The Morgan fingerprint density at radius 3 is 2.34 bits per heavy atom. The number of rotatable bonds is 13. The van der Waals surface area contributed by atoms with Crippen molar-refractivity contribution in [1.29, 1.82) is 0 Å². The molecule has 1 fully saturated rings. The van der Waals surface area contributed by atoms with Crippen molar-refractivity contribution in [3.8, 4) is 11.5 Å². The average Bonchev–Trinajstić information content (AvgIpc) is 3.54. The number of carbonyl (C=O) groups excluding carboxylic acids is 3. The molecule has 1 aliphatic heterocycles. The molecule has 3 amide bonds. The molecule has 1 saturated heterocycles. The van der Waals surface area contributed by atoms with Crippen LogP contribution in [0.2, 0.25) is 0 Å². The van der Waals surface area contributed by atoms with Gasteiger partial charge >= 0.3 is 17.7 Å². The summed E-state index contributed by atoms with van der Waals surface area (Å²) < 4.78 is 22.3. The summed E-state index contributed by atoms with van der Waals surface area (Å²) in [5.74, 6) is -0.581. The van der Waals surface area contributed by atoms with Gasteiger partial charge in [0, 0.05) is 18.3 Å². The van der Waals surface area contributed by atoms with Gasteiger partial charge < -0.3 is 34.5 Å². The SMILES string of the molecule is COC(=O)c1ccc(OC[C@@H]2C[C@@H](OCc3ccccc3)CN2C(=O)Cc2ccc(NC(=O)Nc3ccccc3C)c(OC)c2)c([N+](=O)[O-])c1. The number of benzene rings is 4. The molecule has 13 heteroatoms. The summed E-state index contributed by atoms with van der Waals surface area (Å²) in [6.45, 7) is 2.49. The van der Waals surface area contributed by atoms with Crippen molar-refractivity contribution >= 4 is 35.0 Å². The second-order valence-corrected chi connectivity index (χ2v) is 11.7. The fourth-order valence-corrected chi connectivity index (χ4v) is 5.67. The third-order valence-corrected chi connectivity index (χ3v) is 8.30. The van der Waals surface area contributed by atoms with Crippen LogP contribution in [0, 0.1) is 17.0 Å². The molecule has 0 aliphatic carbocycles. The number of esters is 1. The fourth-order valence-electron chi connectivity index (χ4n) is 5.67. The zero-order valence-corrected chi connectivity index (χ0v) is 27.9. The van der Waals surface area contributed by atoms with Gasteiger partial charge in [-0.05, 0) is 60.4 Å². The fraction of sp³-hybridized carbons (Fsp3) is 0.270. The Hall–Kier alpha value is -5.95. The van der Waals surface area contributed by atoms with Gasteiger partial charge in [0.15, 0.2) is 5.75 Å². The Morgan fingerprint density at radius 2 is 1.62 bits per heavy atom. The minimum atomic E-state index is -0.711. The highest BCUT2D eigenvalue weighted by atomic mass is 16.6. The van der Waals surface area contributed by atoms with E-state index in [1.54, 1.807) is 29.2 Å². The van der Waals surface area contributed by atoms with E-state index in [1.807, 2.05) is 55.5 Å². The number of ether oxygens (including phenoxy) is 4. The quantitative estimate of drug-likeness (QED) is 0.0958. The molecule has 1 heterocycles. The summed E-state index contributed by atoms with van der Waals surface area (Å²) in [7, 11) is 2.67. The van der Waals surface area contributed by atoms with Crippen LogP contribution < -0.4 is 20.1 Å². The van der Waals surface area contributed by atoms with Gasteiger partial charge in [0.05, 0.1) is 55.6 Å². The van der Waals surface area contributed by atoms with E-state index in [0.717, 1.165) is 17.2 Å². The van der Waals surface area contributed by atoms with Crippen LogP contribution in [0.3, 0.4) is 0 Å². The summed E-state index contributed by atoms with van der Waals surface area (Å²) >= 11 is 0. The summed E-state index contributed by atoms with van der Waals surface area (Å²) in [6.07, 6.45) is 0.147. The maximum atomic E-state index is 13.8. The Balaban J connectivity index is 1.29. The minimum absolute atomic E-state index is 0.0158. The van der Waals surface area contributed by atoms with Crippen molar-refractivity contribution in [1.82, 2.24) is 4.90 Å². The number of anilines is 2. The Labute approximate surface area is 289 Å². The van der Waals surface area contributed by atoms with Crippen LogP contribution in [0.25, 0.3) is 0 Å². The van der Waals surface area contributed by atoms with Crippen LogP contribution in [0.15, 0.2) is 91.0 Å². The lowest BCUT2D eigenvalue weighted by Crippen LogP contribution is -2.40. The lowest BCUT2D eigenvalue weighted by atomic mass is 10.1. The lowest BCUT2D eigenvalue weighted by molar-refractivity contribution is -0.385. The number of nitrogens with zero attached hydrogens (tertiary/aromatic N) is 2. The van der Waals surface area contributed by atoms with Crippen molar-refractivity contribution < 1.29 is 38.3 Å². The lowest BCUT2D eigenvalue weighted by Gasteiger charge is -2.25. The van der Waals surface area contributed by atoms with Crippen LogP contribution in [-0.4, -0.2) is 67.2 Å². The molecule has 0 aromatic heterocycles. The van der Waals surface area contributed by atoms with Crippen molar-refractivity contribution in [2.45, 2.75) is 38.5 Å². The molecule has 5 rings (SSSR count). The Kier molecular flexibility index (Phi) is 11.6. The Bertz CT molecular complexity index is 1850. The molecule has 50 heavy (non-hydrogen) atoms. The van der Waals surface area contributed by atoms with Crippen LogP contribution >= 0.6 is 0 Å². The van der Waals surface area contributed by atoms with Gasteiger partial charge in [0.2, 0.25) is 5.91 Å². The molecular weight excluding hydrogens is 644 g/mol. The van der Waals surface area contributed by atoms with Gasteiger partial charge in [-0.25, -0.2) is 9.59 Å². The van der Waals surface area contributed by atoms with E-state index in [9.17, 15) is 24.5 Å². The van der Waals surface area contributed by atoms with Gasteiger partial charge in [0.25, 0.3) is 0 Å². The first-order chi connectivity index (χ1) is 24.1. The number of hydrogen-bond acceptors (Lipinski definition) is 9. The first-order valence-electron chi connectivity index (χ1n) is 15.9. The third kappa shape index (κ3) is 8.94. The van der Waals surface area contributed by atoms with Crippen LogP contribution in [0.1, 0.15) is 33.5 Å². The normalized spacial score (nSPS) is 15.2. The minimum Gasteiger partial charge on any atom is -0.495 e. The van der Waals surface area contributed by atoms with E-state index in [0.29, 0.717) is 42.3 Å². The van der Waals surface area contributed by atoms with Crippen LogP contribution in [-0.2, 0) is 27.3 Å². The summed E-state index contributed by atoms with van der Waals surface area (Å²) in [5, 5.41) is 17.4. The number of para-hydroxylation sites is 1. The van der Waals surface area contributed by atoms with Gasteiger partial charge in [-0.2, -0.15) is 0 Å². The molecule has 0 spiro atoms. The monoisotopic (exact) mass is 682 g/mol. The zero-order valence-electron chi connectivity index (χ0n) is 27.9. The van der Waals surface area contributed by atoms with Gasteiger partial charge in [0.1, 0.15) is 12.4 Å². The number of nitro benzene ring substituents is 1. The maximum absolute atomic E-state index is 13.8. The van der Waals surface area contributed by atoms with E-state index in [4.69, 9.17) is 14.2 Å². The van der Waals surface area contributed by atoms with Crippen molar-refractivity contribution in [3.05, 3.63) is 123 Å². The number of aryl methyl sites for hydroxylation is 1. The first-order valence-corrected chi connectivity index (χ1v) is 15.9. The molecular formula is C37H38N4O9. The molecule has 0 unspecified atom stereocenters. The van der Waals surface area contributed by atoms with E-state index in [2.05, 4.69) is 15.4 Å². The second-order valence-electron chi connectivity index (χ2n) is 11.7. The number of nitro groups is 1. The molecule has 13 nitrogen and oxygen atoms in total. The highest BCUT2D eigenvalue weighted by molar-refractivity contribution is 6.01. The van der Waals surface area contributed by atoms with Gasteiger partial charge in [-0.1, -0.05) is 54.6 Å². The van der Waals surface area contributed by atoms with Gasteiger partial charge in [-0.15, -0.1) is 0 Å². The number of likely N-dealkylation sites (tertiary alicyclic amines) is 1. The standard InChI is InChI=1S/C37H38N4O9/c1-24-9-7-8-12-30(24)38-37(44)39-31-15-13-26(17-34(31)47-2)18-35(42)40-21-29(49-22-25-10-5-4-6-11-25)20-28(40)23-50-33-16-14-27(36(43)48-3)19-32(33)41(45)46/h4-17,19,28-29H,18,20-23H2,1-3H3,(H2,38,39,44)/t28-,29+/m0/s1. The average molecular weight is 683 g/mol. The number of carbonyl (C=O) groups is 3. The van der Waals surface area contributed by atoms with Crippen molar-refractivity contribution in [2.24, 2.45) is 0 Å². The predicted octanol–water partition coefficient (Wildman–Crippen LogP) is 6.15.